The van der Waals surface area contributed by atoms with Gasteiger partial charge in [-0.1, -0.05) is 0 Å². The molecular formula is C9H9FINO. The molecule has 2 nitrogen and oxygen atoms in total. The fraction of sp³-hybridized carbons (Fsp3) is 0.222. The summed E-state index contributed by atoms with van der Waals surface area (Å²) in [5.41, 5.74) is 6.81. The molecule has 1 unspecified atom stereocenters. The molecule has 1 aromatic carbocycles. The first-order chi connectivity index (χ1) is 6.06. The van der Waals surface area contributed by atoms with Crippen LogP contribution in [0.4, 0.5) is 10.1 Å². The molecule has 1 aromatic rings. The largest absolute Gasteiger partial charge is 0.398 e. The summed E-state index contributed by atoms with van der Waals surface area (Å²) in [5, 5.41) is 0. The van der Waals surface area contributed by atoms with Gasteiger partial charge in [-0.05, 0) is 41.6 Å². The van der Waals surface area contributed by atoms with E-state index in [1.807, 2.05) is 22.6 Å². The SMILES string of the molecule is CC(F)c1cc(N)c(C=O)cc1I. The molecule has 0 heterocycles. The lowest BCUT2D eigenvalue weighted by atomic mass is 10.1. The van der Waals surface area contributed by atoms with E-state index in [4.69, 9.17) is 5.73 Å². The van der Waals surface area contributed by atoms with Crippen molar-refractivity contribution in [2.45, 2.75) is 13.1 Å². The zero-order valence-corrected chi connectivity index (χ0v) is 9.21. The minimum atomic E-state index is -1.06. The van der Waals surface area contributed by atoms with E-state index in [1.165, 1.54) is 13.0 Å². The summed E-state index contributed by atoms with van der Waals surface area (Å²) in [7, 11) is 0. The zero-order valence-electron chi connectivity index (χ0n) is 7.05. The number of carbonyl (C=O) groups is 1. The highest BCUT2D eigenvalue weighted by atomic mass is 127. The van der Waals surface area contributed by atoms with E-state index in [1.54, 1.807) is 6.07 Å². The molecular weight excluding hydrogens is 284 g/mol. The summed E-state index contributed by atoms with van der Waals surface area (Å²) < 4.78 is 13.7. The lowest BCUT2D eigenvalue weighted by molar-refractivity contribution is 0.112. The fourth-order valence-corrected chi connectivity index (χ4v) is 1.95. The molecule has 4 heteroatoms. The Kier molecular flexibility index (Phi) is 3.24. The number of halogens is 2. The van der Waals surface area contributed by atoms with Crippen molar-refractivity contribution in [2.24, 2.45) is 0 Å². The smallest absolute Gasteiger partial charge is 0.152 e. The quantitative estimate of drug-likeness (QED) is 0.517. The summed E-state index contributed by atoms with van der Waals surface area (Å²) >= 11 is 1.99. The first-order valence-electron chi connectivity index (χ1n) is 3.74. The van der Waals surface area contributed by atoms with Crippen molar-refractivity contribution >= 4 is 34.6 Å². The Balaban J connectivity index is 3.28. The van der Waals surface area contributed by atoms with E-state index in [0.717, 1.165) is 3.57 Å². The summed E-state index contributed by atoms with van der Waals surface area (Å²) in [6.07, 6.45) is -0.389. The van der Waals surface area contributed by atoms with E-state index < -0.39 is 6.17 Å². The number of nitrogen functional groups attached to an aromatic ring is 1. The molecule has 70 valence electrons. The monoisotopic (exact) mass is 293 g/mol. The van der Waals surface area contributed by atoms with Gasteiger partial charge in [0.05, 0.1) is 0 Å². The Morgan fingerprint density at radius 3 is 2.69 bits per heavy atom. The van der Waals surface area contributed by atoms with E-state index in [-0.39, 0.29) is 0 Å². The standard InChI is InChI=1S/C9H9FINO/c1-5(10)7-3-9(12)6(4-13)2-8(7)11/h2-5H,12H2,1H3. The average molecular weight is 293 g/mol. The second kappa shape index (κ2) is 4.04. The predicted molar refractivity (Wildman–Crippen MR) is 58.5 cm³/mol. The van der Waals surface area contributed by atoms with Gasteiger partial charge in [0.2, 0.25) is 0 Å². The van der Waals surface area contributed by atoms with Crippen LogP contribution in [0.2, 0.25) is 0 Å². The number of nitrogens with two attached hydrogens (primary N) is 1. The normalized spacial score (nSPS) is 12.5. The highest BCUT2D eigenvalue weighted by Gasteiger charge is 2.10. The minimum absolute atomic E-state index is 0.329. The van der Waals surface area contributed by atoms with Crippen molar-refractivity contribution in [3.05, 3.63) is 26.8 Å². The van der Waals surface area contributed by atoms with Gasteiger partial charge in [-0.25, -0.2) is 4.39 Å². The van der Waals surface area contributed by atoms with Crippen molar-refractivity contribution < 1.29 is 9.18 Å². The van der Waals surface area contributed by atoms with Crippen LogP contribution in [0.1, 0.15) is 29.0 Å². The lowest BCUT2D eigenvalue weighted by Crippen LogP contribution is -1.98. The van der Waals surface area contributed by atoms with Gasteiger partial charge in [-0.3, -0.25) is 4.79 Å². The van der Waals surface area contributed by atoms with Crippen LogP contribution < -0.4 is 5.73 Å². The maximum atomic E-state index is 13.0. The van der Waals surface area contributed by atoms with Crippen LogP contribution in [-0.4, -0.2) is 6.29 Å². The van der Waals surface area contributed by atoms with Crippen molar-refractivity contribution in [1.82, 2.24) is 0 Å². The van der Waals surface area contributed by atoms with Crippen molar-refractivity contribution in [3.8, 4) is 0 Å². The number of hydrogen-bond donors (Lipinski definition) is 1. The second-order valence-corrected chi connectivity index (χ2v) is 3.90. The lowest BCUT2D eigenvalue weighted by Gasteiger charge is -2.08. The Hall–Kier alpha value is -0.650. The van der Waals surface area contributed by atoms with Gasteiger partial charge in [0, 0.05) is 20.4 Å². The third-order valence-electron chi connectivity index (χ3n) is 1.76. The molecule has 0 bridgehead atoms. The predicted octanol–water partition coefficient (Wildman–Crippen LogP) is 2.72. The molecule has 0 aliphatic heterocycles. The topological polar surface area (TPSA) is 43.1 Å². The number of rotatable bonds is 2. The molecule has 0 aliphatic rings. The van der Waals surface area contributed by atoms with Crippen LogP contribution >= 0.6 is 22.6 Å². The van der Waals surface area contributed by atoms with Gasteiger partial charge in [0.1, 0.15) is 6.17 Å². The molecule has 1 rings (SSSR count). The molecule has 0 saturated carbocycles. The maximum absolute atomic E-state index is 13.0. The van der Waals surface area contributed by atoms with Gasteiger partial charge < -0.3 is 5.73 Å². The Labute approximate surface area is 89.5 Å². The summed E-state index contributed by atoms with van der Waals surface area (Å²) in [4.78, 5) is 10.5. The van der Waals surface area contributed by atoms with Gasteiger partial charge in [0.15, 0.2) is 6.29 Å². The highest BCUT2D eigenvalue weighted by molar-refractivity contribution is 14.1. The zero-order chi connectivity index (χ0) is 10.0. The van der Waals surface area contributed by atoms with Crippen LogP contribution in [0.25, 0.3) is 0 Å². The van der Waals surface area contributed by atoms with Crippen molar-refractivity contribution in [3.63, 3.8) is 0 Å². The highest BCUT2D eigenvalue weighted by Crippen LogP contribution is 2.26. The second-order valence-electron chi connectivity index (χ2n) is 2.74. The van der Waals surface area contributed by atoms with Crippen molar-refractivity contribution in [2.75, 3.05) is 5.73 Å². The maximum Gasteiger partial charge on any atom is 0.152 e. The number of benzene rings is 1. The van der Waals surface area contributed by atoms with E-state index in [2.05, 4.69) is 0 Å². The Morgan fingerprint density at radius 1 is 1.62 bits per heavy atom. The number of aldehydes is 1. The molecule has 0 fully saturated rings. The molecule has 13 heavy (non-hydrogen) atoms. The molecule has 0 aromatic heterocycles. The molecule has 1 atom stereocenters. The van der Waals surface area contributed by atoms with Gasteiger partial charge >= 0.3 is 0 Å². The van der Waals surface area contributed by atoms with E-state index >= 15 is 0 Å². The number of anilines is 1. The first-order valence-corrected chi connectivity index (χ1v) is 4.82. The van der Waals surface area contributed by atoms with E-state index in [9.17, 15) is 9.18 Å². The van der Waals surface area contributed by atoms with Crippen molar-refractivity contribution in [1.29, 1.82) is 0 Å². The molecule has 0 radical (unpaired) electrons. The van der Waals surface area contributed by atoms with Crippen LogP contribution in [0.15, 0.2) is 12.1 Å². The Morgan fingerprint density at radius 2 is 2.23 bits per heavy atom. The number of carbonyl (C=O) groups excluding carboxylic acids is 1. The van der Waals surface area contributed by atoms with Crippen LogP contribution in [0.5, 0.6) is 0 Å². The fourth-order valence-electron chi connectivity index (χ4n) is 1.03. The summed E-state index contributed by atoms with van der Waals surface area (Å²) in [6, 6.07) is 3.10. The third-order valence-corrected chi connectivity index (χ3v) is 2.69. The minimum Gasteiger partial charge on any atom is -0.398 e. The molecule has 0 saturated heterocycles. The third kappa shape index (κ3) is 2.18. The van der Waals surface area contributed by atoms with Gasteiger partial charge in [0.25, 0.3) is 0 Å². The van der Waals surface area contributed by atoms with E-state index in [0.29, 0.717) is 23.1 Å². The Bertz CT molecular complexity index is 339. The number of alkyl halides is 1. The summed E-state index contributed by atoms with van der Waals surface area (Å²) in [5.74, 6) is 0. The molecule has 0 aliphatic carbocycles. The molecule has 2 N–H and O–H groups in total. The molecule has 0 spiro atoms. The van der Waals surface area contributed by atoms with Crippen LogP contribution in [0.3, 0.4) is 0 Å². The van der Waals surface area contributed by atoms with Gasteiger partial charge in [-0.2, -0.15) is 0 Å². The van der Waals surface area contributed by atoms with Crippen LogP contribution in [0, 0.1) is 3.57 Å². The average Bonchev–Trinajstić information content (AvgIpc) is 2.07. The number of hydrogen-bond acceptors (Lipinski definition) is 2. The van der Waals surface area contributed by atoms with Crippen LogP contribution in [-0.2, 0) is 0 Å². The van der Waals surface area contributed by atoms with Gasteiger partial charge in [-0.15, -0.1) is 0 Å². The molecule has 0 amide bonds. The first kappa shape index (κ1) is 10.4. The summed E-state index contributed by atoms with van der Waals surface area (Å²) in [6.45, 7) is 1.44.